The van der Waals surface area contributed by atoms with E-state index < -0.39 is 30.5 Å². The van der Waals surface area contributed by atoms with Gasteiger partial charge in [-0.3, -0.25) is 14.2 Å². The summed E-state index contributed by atoms with van der Waals surface area (Å²) in [6, 6.07) is 0. The zero-order valence-electron chi connectivity index (χ0n) is 32.9. The number of hydrogen-bond acceptors (Lipinski definition) is 5. The van der Waals surface area contributed by atoms with Crippen LogP contribution in [0.25, 0.3) is 0 Å². The van der Waals surface area contributed by atoms with Crippen molar-refractivity contribution in [3.63, 3.8) is 0 Å². The van der Waals surface area contributed by atoms with Crippen LogP contribution in [0.1, 0.15) is 232 Å². The quantitative estimate of drug-likeness (QED) is 0.0281. The standard InChI is InChI=1S/C42H82NO6P/c1-3-5-7-9-11-13-15-17-19-20-21-22-24-26-28-30-32-34-36-38-40(45)42(43,50(47,48)49)41(46)39(44)37-35-33-31-29-27-25-23-18-16-14-12-10-8-6-4-2/h17,19,41,46H,3-16,18,20-38,43H2,1-2H3,(H2,47,48,49)/b19-17-. The van der Waals surface area contributed by atoms with Crippen molar-refractivity contribution in [3.05, 3.63) is 12.2 Å². The second kappa shape index (κ2) is 34.0. The lowest BCUT2D eigenvalue weighted by Gasteiger charge is -2.32. The van der Waals surface area contributed by atoms with Crippen LogP contribution in [0, 0.1) is 0 Å². The van der Waals surface area contributed by atoms with Crippen LogP contribution >= 0.6 is 7.60 Å². The number of aliphatic hydroxyl groups is 1. The van der Waals surface area contributed by atoms with Crippen molar-refractivity contribution in [1.29, 1.82) is 0 Å². The van der Waals surface area contributed by atoms with Crippen LogP contribution in [0.4, 0.5) is 0 Å². The number of carbonyl (C=O) groups excluding carboxylic acids is 2. The summed E-state index contributed by atoms with van der Waals surface area (Å²) in [5.74, 6) is -1.69. The molecule has 0 rings (SSSR count). The van der Waals surface area contributed by atoms with Gasteiger partial charge in [0.25, 0.3) is 0 Å². The number of nitrogens with two attached hydrogens (primary N) is 1. The molecule has 50 heavy (non-hydrogen) atoms. The van der Waals surface area contributed by atoms with E-state index in [1.54, 1.807) is 0 Å². The van der Waals surface area contributed by atoms with Gasteiger partial charge in [-0.1, -0.05) is 193 Å². The van der Waals surface area contributed by atoms with Crippen molar-refractivity contribution in [2.24, 2.45) is 5.73 Å². The van der Waals surface area contributed by atoms with Gasteiger partial charge in [-0.25, -0.2) is 0 Å². The van der Waals surface area contributed by atoms with Crippen molar-refractivity contribution >= 4 is 19.2 Å². The Morgan fingerprint density at radius 2 is 0.800 bits per heavy atom. The van der Waals surface area contributed by atoms with Crippen LogP contribution in [-0.2, 0) is 14.2 Å². The largest absolute Gasteiger partial charge is 0.382 e. The average molecular weight is 728 g/mol. The van der Waals surface area contributed by atoms with Crippen LogP contribution in [0.3, 0.4) is 0 Å². The Balaban J connectivity index is 4.01. The summed E-state index contributed by atoms with van der Waals surface area (Å²) in [7, 11) is -5.27. The summed E-state index contributed by atoms with van der Waals surface area (Å²) in [5, 5.41) is 7.75. The lowest BCUT2D eigenvalue weighted by Crippen LogP contribution is -2.59. The number of allylic oxidation sites excluding steroid dienone is 2. The normalized spacial score (nSPS) is 14.0. The van der Waals surface area contributed by atoms with Crippen molar-refractivity contribution in [2.45, 2.75) is 244 Å². The van der Waals surface area contributed by atoms with E-state index in [0.717, 1.165) is 44.9 Å². The van der Waals surface area contributed by atoms with Crippen molar-refractivity contribution in [1.82, 2.24) is 0 Å². The lowest BCUT2D eigenvalue weighted by molar-refractivity contribution is -0.136. The van der Waals surface area contributed by atoms with Gasteiger partial charge in [0.05, 0.1) is 0 Å². The highest BCUT2D eigenvalue weighted by molar-refractivity contribution is 7.55. The maximum atomic E-state index is 12.9. The number of Topliss-reactive ketones (excluding diaryl/α,β-unsaturated/α-hetero) is 2. The fourth-order valence-electron chi connectivity index (χ4n) is 6.79. The fourth-order valence-corrected chi connectivity index (χ4v) is 7.69. The third-order valence-corrected chi connectivity index (χ3v) is 11.8. The zero-order valence-corrected chi connectivity index (χ0v) is 33.8. The van der Waals surface area contributed by atoms with Gasteiger partial charge in [0.1, 0.15) is 6.10 Å². The Hall–Kier alpha value is -0.850. The Kier molecular flexibility index (Phi) is 33.4. The third kappa shape index (κ3) is 26.0. The first kappa shape index (κ1) is 49.1. The number of rotatable bonds is 39. The van der Waals surface area contributed by atoms with Crippen LogP contribution in [0.15, 0.2) is 12.2 Å². The van der Waals surface area contributed by atoms with Gasteiger partial charge in [0.2, 0.25) is 5.28 Å². The number of aliphatic hydroxyl groups excluding tert-OH is 1. The Morgan fingerprint density at radius 3 is 1.12 bits per heavy atom. The molecule has 0 aromatic carbocycles. The molecule has 0 aromatic rings. The molecule has 296 valence electrons. The van der Waals surface area contributed by atoms with Gasteiger partial charge in [0, 0.05) is 12.8 Å². The molecular weight excluding hydrogens is 645 g/mol. The van der Waals surface area contributed by atoms with E-state index in [-0.39, 0.29) is 12.8 Å². The smallest absolute Gasteiger partial charge is 0.356 e. The molecule has 0 aliphatic heterocycles. The molecular formula is C42H82NO6P. The molecule has 0 aliphatic carbocycles. The zero-order chi connectivity index (χ0) is 37.2. The molecule has 2 atom stereocenters. The van der Waals surface area contributed by atoms with Crippen LogP contribution in [0.2, 0.25) is 0 Å². The predicted molar refractivity (Wildman–Crippen MR) is 212 cm³/mol. The molecule has 0 saturated heterocycles. The highest BCUT2D eigenvalue weighted by Crippen LogP contribution is 2.50. The van der Waals surface area contributed by atoms with Gasteiger partial charge in [-0.2, -0.15) is 0 Å². The van der Waals surface area contributed by atoms with Crippen LogP contribution < -0.4 is 5.73 Å². The van der Waals surface area contributed by atoms with Crippen molar-refractivity contribution in [3.8, 4) is 0 Å². The van der Waals surface area contributed by atoms with E-state index >= 15 is 0 Å². The number of ketones is 2. The molecule has 8 heteroatoms. The first-order chi connectivity index (χ1) is 24.1. The minimum absolute atomic E-state index is 0.0401. The summed E-state index contributed by atoms with van der Waals surface area (Å²) in [4.78, 5) is 45.5. The van der Waals surface area contributed by atoms with Gasteiger partial charge in [-0.15, -0.1) is 0 Å². The molecule has 0 radical (unpaired) electrons. The molecule has 0 heterocycles. The Morgan fingerprint density at radius 1 is 0.520 bits per heavy atom. The number of hydrogen-bond donors (Lipinski definition) is 4. The van der Waals surface area contributed by atoms with Crippen molar-refractivity contribution < 1.29 is 29.0 Å². The van der Waals surface area contributed by atoms with Gasteiger partial charge < -0.3 is 20.6 Å². The molecule has 0 aromatic heterocycles. The first-order valence-electron chi connectivity index (χ1n) is 21.4. The summed E-state index contributed by atoms with van der Waals surface area (Å²) in [6.07, 6.45) is 39.7. The third-order valence-electron chi connectivity index (χ3n) is 10.3. The summed E-state index contributed by atoms with van der Waals surface area (Å²) >= 11 is 0. The van der Waals surface area contributed by atoms with E-state index in [2.05, 4.69) is 26.0 Å². The average Bonchev–Trinajstić information content (AvgIpc) is 3.09. The van der Waals surface area contributed by atoms with E-state index in [1.807, 2.05) is 0 Å². The maximum Gasteiger partial charge on any atom is 0.356 e. The molecule has 0 bridgehead atoms. The monoisotopic (exact) mass is 728 g/mol. The van der Waals surface area contributed by atoms with Gasteiger partial charge in [0.15, 0.2) is 11.6 Å². The van der Waals surface area contributed by atoms with E-state index in [4.69, 9.17) is 5.73 Å². The summed E-state index contributed by atoms with van der Waals surface area (Å²) in [6.45, 7) is 4.50. The molecule has 0 fully saturated rings. The second-order valence-electron chi connectivity index (χ2n) is 15.1. The molecule has 2 unspecified atom stereocenters. The fraction of sp³-hybridized carbons (Fsp3) is 0.905. The second-order valence-corrected chi connectivity index (χ2v) is 16.9. The Labute approximate surface area is 309 Å². The predicted octanol–water partition coefficient (Wildman–Crippen LogP) is 12.2. The van der Waals surface area contributed by atoms with E-state index in [0.29, 0.717) is 12.8 Å². The molecule has 0 saturated carbocycles. The number of unbranched alkanes of at least 4 members (excludes halogenated alkanes) is 29. The molecule has 0 spiro atoms. The van der Waals surface area contributed by atoms with Gasteiger partial charge >= 0.3 is 7.60 Å². The lowest BCUT2D eigenvalue weighted by atomic mass is 9.95. The van der Waals surface area contributed by atoms with Crippen molar-refractivity contribution in [2.75, 3.05) is 0 Å². The summed E-state index contributed by atoms with van der Waals surface area (Å²) in [5.41, 5.74) is 5.91. The number of carbonyl (C=O) groups is 2. The highest BCUT2D eigenvalue weighted by Gasteiger charge is 2.57. The molecule has 5 N–H and O–H groups in total. The van der Waals surface area contributed by atoms with Crippen LogP contribution in [-0.4, -0.2) is 37.8 Å². The highest BCUT2D eigenvalue weighted by atomic mass is 31.2. The van der Waals surface area contributed by atoms with Gasteiger partial charge in [-0.05, 0) is 38.5 Å². The van der Waals surface area contributed by atoms with E-state index in [9.17, 15) is 29.0 Å². The maximum absolute atomic E-state index is 12.9. The summed E-state index contributed by atoms with van der Waals surface area (Å²) < 4.78 is 12.3. The first-order valence-corrected chi connectivity index (χ1v) is 23.0. The Bertz CT molecular complexity index is 874. The minimum atomic E-state index is -5.27. The molecule has 0 amide bonds. The van der Waals surface area contributed by atoms with Crippen LogP contribution in [0.5, 0.6) is 0 Å². The topological polar surface area (TPSA) is 138 Å². The molecule has 0 aliphatic rings. The minimum Gasteiger partial charge on any atom is -0.382 e. The molecule has 7 nitrogen and oxygen atoms in total. The SMILES string of the molecule is CCCCCCCC/C=C\CCCCCCCCCCCC(=O)C(N)(C(O)C(=O)CCCCCCCCCCCCCCCCC)P(=O)(O)O. The van der Waals surface area contributed by atoms with E-state index in [1.165, 1.54) is 148 Å².